The molecule has 0 spiro atoms. The summed E-state index contributed by atoms with van der Waals surface area (Å²) >= 11 is 0. The number of aliphatic hydroxyl groups is 13. The van der Waals surface area contributed by atoms with Crippen molar-refractivity contribution >= 4 is 0 Å². The van der Waals surface area contributed by atoms with Crippen LogP contribution in [0.15, 0.2) is 12.2 Å². The van der Waals surface area contributed by atoms with Crippen molar-refractivity contribution in [2.24, 2.45) is 45.3 Å². The average Bonchev–Trinajstić information content (AvgIpc) is 3.64. The van der Waals surface area contributed by atoms with Crippen molar-refractivity contribution in [1.82, 2.24) is 0 Å². The quantitative estimate of drug-likeness (QED) is 0.0819. The first-order valence-corrected chi connectivity index (χ1v) is 24.4. The molecule has 7 aliphatic rings. The molecule has 4 aliphatic carbocycles. The van der Waals surface area contributed by atoms with E-state index in [2.05, 4.69) is 20.8 Å². The van der Waals surface area contributed by atoms with E-state index in [4.69, 9.17) is 28.4 Å². The Hall–Kier alpha value is -1.02. The molecule has 0 aromatic heterocycles. The van der Waals surface area contributed by atoms with Crippen LogP contribution >= 0.6 is 0 Å². The van der Waals surface area contributed by atoms with E-state index in [1.807, 2.05) is 20.8 Å². The van der Waals surface area contributed by atoms with Gasteiger partial charge in [-0.3, -0.25) is 0 Å². The first-order chi connectivity index (χ1) is 31.0. The minimum atomic E-state index is -1.77. The molecule has 4 saturated carbocycles. The van der Waals surface area contributed by atoms with Crippen LogP contribution in [-0.4, -0.2) is 201 Å². The summed E-state index contributed by atoms with van der Waals surface area (Å²) < 4.78 is 37.9. The number of ether oxygens (including phenoxy) is 6. The lowest BCUT2D eigenvalue weighted by Gasteiger charge is -2.72. The van der Waals surface area contributed by atoms with E-state index in [0.717, 1.165) is 0 Å². The summed E-state index contributed by atoms with van der Waals surface area (Å²) in [6.45, 7) is 15.8. The van der Waals surface area contributed by atoms with Gasteiger partial charge >= 0.3 is 0 Å². The molecule has 0 bridgehead atoms. The molecule has 3 saturated heterocycles. The van der Waals surface area contributed by atoms with Crippen molar-refractivity contribution in [2.75, 3.05) is 13.2 Å². The highest BCUT2D eigenvalue weighted by atomic mass is 16.8. The van der Waals surface area contributed by atoms with Crippen molar-refractivity contribution < 1.29 is 94.8 Å². The van der Waals surface area contributed by atoms with Gasteiger partial charge < -0.3 is 94.8 Å². The fourth-order valence-corrected chi connectivity index (χ4v) is 14.8. The third kappa shape index (κ3) is 9.13. The molecule has 0 amide bonds. The molecule has 26 unspecified atom stereocenters. The van der Waals surface area contributed by atoms with E-state index in [1.165, 1.54) is 6.92 Å². The van der Waals surface area contributed by atoms with Crippen LogP contribution in [0.3, 0.4) is 0 Å². The van der Waals surface area contributed by atoms with Gasteiger partial charge in [-0.05, 0) is 118 Å². The number of aliphatic hydroxyl groups excluding tert-OH is 12. The zero-order chi connectivity index (χ0) is 49.7. The monoisotopic (exact) mass is 963 g/mol. The molecular weight excluding hydrogens is 881 g/mol. The summed E-state index contributed by atoms with van der Waals surface area (Å²) in [7, 11) is 0. The predicted octanol–water partition coefficient (Wildman–Crippen LogP) is -1.06. The van der Waals surface area contributed by atoms with Crippen LogP contribution in [0.4, 0.5) is 0 Å². The number of hydrogen-bond donors (Lipinski definition) is 13. The van der Waals surface area contributed by atoms with Crippen molar-refractivity contribution in [3.05, 3.63) is 12.2 Å². The molecule has 13 N–H and O–H groups in total. The minimum absolute atomic E-state index is 0.128. The molecule has 7 rings (SSSR count). The van der Waals surface area contributed by atoms with Crippen molar-refractivity contribution in [3.63, 3.8) is 0 Å². The highest BCUT2D eigenvalue weighted by molar-refractivity contribution is 5.22. The fourth-order valence-electron chi connectivity index (χ4n) is 14.8. The second kappa shape index (κ2) is 19.1. The molecule has 67 heavy (non-hydrogen) atoms. The molecule has 19 nitrogen and oxygen atoms in total. The summed E-state index contributed by atoms with van der Waals surface area (Å²) in [5.74, 6) is -1.39. The number of rotatable bonds is 12. The molecular formula is C48H82O19. The van der Waals surface area contributed by atoms with Crippen molar-refractivity contribution in [1.29, 1.82) is 0 Å². The van der Waals surface area contributed by atoms with Gasteiger partial charge in [-0.2, -0.15) is 0 Å². The third-order valence-electron chi connectivity index (χ3n) is 18.5. The van der Waals surface area contributed by atoms with Crippen LogP contribution < -0.4 is 0 Å². The molecule has 26 atom stereocenters. The van der Waals surface area contributed by atoms with Crippen molar-refractivity contribution in [2.45, 2.75) is 229 Å². The van der Waals surface area contributed by atoms with Gasteiger partial charge in [0, 0.05) is 0 Å². The molecule has 0 aromatic carbocycles. The zero-order valence-corrected chi connectivity index (χ0v) is 40.5. The van der Waals surface area contributed by atoms with Gasteiger partial charge in [0.15, 0.2) is 18.9 Å². The van der Waals surface area contributed by atoms with Gasteiger partial charge in [0.05, 0.1) is 48.8 Å². The SMILES string of the molecule is CC1OC(OC2C(OC3CC4(C)C(CC(O)C5C(C(C)(C/C=C/C(C)(C)O)OC6OC(CO)C(O)C(O)C6O)CCC54C)C4(C)CCC(O)C(C)(C)C34)OC(CO)C(O)C2O)C(O)C(O)C1O. The summed E-state index contributed by atoms with van der Waals surface area (Å²) in [4.78, 5) is 0. The van der Waals surface area contributed by atoms with E-state index in [1.54, 1.807) is 26.0 Å². The number of fused-ring (bicyclic) bond motifs is 5. The standard InChI is InChI=1S/C48H82O19/c1-21-30(53)33(56)36(59)40(62-21)66-38-35(58)32(55)26(20-50)65-42(38)63-24-18-47(8)27(45(6)15-12-28(52)44(4,5)39(24)45)17-23(51)29-22(11-16-46(29,47)7)48(9,14-10-13-43(2,3)61)67-41-37(60)34(57)31(54)25(19-49)64-41/h10,13,21-42,49-61H,11-12,14-20H2,1-9H3/b13-10+. The highest BCUT2D eigenvalue weighted by Crippen LogP contribution is 2.76. The van der Waals surface area contributed by atoms with Crippen LogP contribution in [0.2, 0.25) is 0 Å². The largest absolute Gasteiger partial charge is 0.394 e. The van der Waals surface area contributed by atoms with Crippen molar-refractivity contribution in [3.8, 4) is 0 Å². The Morgan fingerprint density at radius 3 is 1.85 bits per heavy atom. The van der Waals surface area contributed by atoms with Gasteiger partial charge in [-0.1, -0.05) is 46.8 Å². The Balaban J connectivity index is 1.28. The van der Waals surface area contributed by atoms with Crippen LogP contribution in [0.25, 0.3) is 0 Å². The van der Waals surface area contributed by atoms with Gasteiger partial charge in [-0.25, -0.2) is 0 Å². The fraction of sp³-hybridized carbons (Fsp3) is 0.958. The van der Waals surface area contributed by atoms with E-state index < -0.39 is 174 Å². The summed E-state index contributed by atoms with van der Waals surface area (Å²) in [6, 6.07) is 0. The maximum absolute atomic E-state index is 12.7. The molecule has 7 fully saturated rings. The van der Waals surface area contributed by atoms with Gasteiger partial charge in [0.2, 0.25) is 0 Å². The smallest absolute Gasteiger partial charge is 0.187 e. The van der Waals surface area contributed by atoms with Crippen LogP contribution in [0.1, 0.15) is 107 Å². The Kier molecular flexibility index (Phi) is 15.3. The summed E-state index contributed by atoms with van der Waals surface area (Å²) in [5, 5.41) is 143. The lowest BCUT2D eigenvalue weighted by Crippen LogP contribution is -2.71. The van der Waals surface area contributed by atoms with Gasteiger partial charge in [-0.15, -0.1) is 0 Å². The van der Waals surface area contributed by atoms with E-state index in [-0.39, 0.29) is 12.3 Å². The lowest BCUT2D eigenvalue weighted by atomic mass is 9.34. The molecule has 3 aliphatic heterocycles. The third-order valence-corrected chi connectivity index (χ3v) is 18.5. The van der Waals surface area contributed by atoms with Crippen LogP contribution in [0, 0.1) is 45.3 Å². The highest BCUT2D eigenvalue weighted by Gasteiger charge is 2.74. The topological polar surface area (TPSA) is 318 Å². The van der Waals surface area contributed by atoms with Gasteiger partial charge in [0.1, 0.15) is 67.1 Å². The van der Waals surface area contributed by atoms with Crippen LogP contribution in [-0.2, 0) is 28.4 Å². The van der Waals surface area contributed by atoms with Gasteiger partial charge in [0.25, 0.3) is 0 Å². The Bertz CT molecular complexity index is 1730. The lowest BCUT2D eigenvalue weighted by molar-refractivity contribution is -0.382. The normalized spacial score (nSPS) is 53.4. The maximum atomic E-state index is 12.7. The average molecular weight is 963 g/mol. The minimum Gasteiger partial charge on any atom is -0.394 e. The molecule has 388 valence electrons. The second-order valence-electron chi connectivity index (χ2n) is 23.5. The molecule has 3 heterocycles. The van der Waals surface area contributed by atoms with E-state index in [0.29, 0.717) is 38.5 Å². The summed E-state index contributed by atoms with van der Waals surface area (Å²) in [6.07, 6.45) is -18.8. The van der Waals surface area contributed by atoms with Crippen LogP contribution in [0.5, 0.6) is 0 Å². The molecule has 0 aromatic rings. The van der Waals surface area contributed by atoms with E-state index in [9.17, 15) is 66.4 Å². The first-order valence-electron chi connectivity index (χ1n) is 24.4. The Labute approximate surface area is 393 Å². The second-order valence-corrected chi connectivity index (χ2v) is 23.5. The zero-order valence-electron chi connectivity index (χ0n) is 40.5. The Morgan fingerprint density at radius 1 is 0.657 bits per heavy atom. The Morgan fingerprint density at radius 2 is 1.24 bits per heavy atom. The predicted molar refractivity (Wildman–Crippen MR) is 235 cm³/mol. The molecule has 0 radical (unpaired) electrons. The summed E-state index contributed by atoms with van der Waals surface area (Å²) in [5.41, 5.74) is -5.06. The first kappa shape index (κ1) is 53.8. The maximum Gasteiger partial charge on any atom is 0.187 e. The van der Waals surface area contributed by atoms with E-state index >= 15 is 0 Å². The number of hydrogen-bond acceptors (Lipinski definition) is 19. The molecule has 19 heteroatoms.